The molecule has 1 nitrogen and oxygen atoms in total. The van der Waals surface area contributed by atoms with Crippen LogP contribution < -0.4 is 4.90 Å². The predicted octanol–water partition coefficient (Wildman–Crippen LogP) is 12.6. The average Bonchev–Trinajstić information content (AvgIpc) is 3.34. The van der Waals surface area contributed by atoms with E-state index in [2.05, 4.69) is 183 Å². The molecule has 9 rings (SSSR count). The molecule has 0 unspecified atom stereocenters. The van der Waals surface area contributed by atoms with E-state index in [4.69, 9.17) is 0 Å². The highest BCUT2D eigenvalue weighted by molar-refractivity contribution is 6.17. The first-order chi connectivity index (χ1) is 22.6. The maximum Gasteiger partial charge on any atom is 0.0468 e. The molecule has 1 aliphatic rings. The molecule has 0 saturated carbocycles. The van der Waals surface area contributed by atoms with Crippen LogP contribution in [-0.4, -0.2) is 0 Å². The summed E-state index contributed by atoms with van der Waals surface area (Å²) >= 11 is 0. The third kappa shape index (κ3) is 4.09. The Kier molecular flexibility index (Phi) is 5.92. The van der Waals surface area contributed by atoms with Crippen LogP contribution in [0.3, 0.4) is 0 Å². The number of hydrogen-bond acceptors (Lipinski definition) is 1. The van der Waals surface area contributed by atoms with E-state index >= 15 is 0 Å². The third-order valence-corrected chi connectivity index (χ3v) is 10.0. The molecule has 0 aromatic heterocycles. The molecular formula is C45H33N. The van der Waals surface area contributed by atoms with Gasteiger partial charge in [-0.15, -0.1) is 0 Å². The minimum absolute atomic E-state index is 0.0788. The van der Waals surface area contributed by atoms with E-state index < -0.39 is 0 Å². The Labute approximate surface area is 270 Å². The van der Waals surface area contributed by atoms with E-state index in [-0.39, 0.29) is 5.41 Å². The number of nitrogens with zero attached hydrogens (tertiary/aromatic N) is 1. The number of rotatable bonds is 4. The Morgan fingerprint density at radius 1 is 0.370 bits per heavy atom. The summed E-state index contributed by atoms with van der Waals surface area (Å²) in [4.78, 5) is 2.43. The summed E-state index contributed by atoms with van der Waals surface area (Å²) in [5.41, 5.74) is 11.2. The van der Waals surface area contributed by atoms with Crippen LogP contribution in [0.4, 0.5) is 17.1 Å². The van der Waals surface area contributed by atoms with Crippen LogP contribution >= 0.6 is 0 Å². The summed E-state index contributed by atoms with van der Waals surface area (Å²) in [5, 5.41) is 7.67. The zero-order chi connectivity index (χ0) is 30.8. The van der Waals surface area contributed by atoms with Gasteiger partial charge in [0.25, 0.3) is 0 Å². The second-order valence-electron chi connectivity index (χ2n) is 13.0. The Bertz CT molecular complexity index is 2450. The van der Waals surface area contributed by atoms with Gasteiger partial charge >= 0.3 is 0 Å². The van der Waals surface area contributed by atoms with Crippen LogP contribution in [-0.2, 0) is 5.41 Å². The van der Waals surface area contributed by atoms with Crippen molar-refractivity contribution in [1.82, 2.24) is 0 Å². The topological polar surface area (TPSA) is 3.24 Å². The molecule has 0 fully saturated rings. The summed E-state index contributed by atoms with van der Waals surface area (Å²) in [6.45, 7) is 4.71. The van der Waals surface area contributed by atoms with Gasteiger partial charge in [-0.05, 0) is 102 Å². The lowest BCUT2D eigenvalue weighted by atomic mass is 9.82. The molecule has 1 heteroatoms. The summed E-state index contributed by atoms with van der Waals surface area (Å²) in [6, 6.07) is 60.2. The van der Waals surface area contributed by atoms with Crippen molar-refractivity contribution in [1.29, 1.82) is 0 Å². The van der Waals surface area contributed by atoms with E-state index in [0.717, 1.165) is 17.1 Å². The Morgan fingerprint density at radius 2 is 0.978 bits per heavy atom. The van der Waals surface area contributed by atoms with Gasteiger partial charge in [0, 0.05) is 22.5 Å². The minimum atomic E-state index is -0.0788. The van der Waals surface area contributed by atoms with Crippen molar-refractivity contribution in [3.63, 3.8) is 0 Å². The standard InChI is InChI=1S/C45H33N/c1-45(2)43-18-9-8-17-41(43)42-26-22-36(29-44(42)45)46(34-15-10-14-32(27-34)30-11-4-3-5-12-30)35-21-25-38-33(28-35)20-24-39-37-16-7-6-13-31(37)19-23-40(38)39/h3-29H,1-2H3. The normalized spacial score (nSPS) is 13.2. The van der Waals surface area contributed by atoms with E-state index in [9.17, 15) is 0 Å². The lowest BCUT2D eigenvalue weighted by Crippen LogP contribution is -2.16. The fourth-order valence-corrected chi connectivity index (χ4v) is 7.69. The van der Waals surface area contributed by atoms with Crippen LogP contribution in [0.5, 0.6) is 0 Å². The van der Waals surface area contributed by atoms with E-state index in [1.54, 1.807) is 0 Å². The van der Waals surface area contributed by atoms with Gasteiger partial charge in [-0.3, -0.25) is 0 Å². The Morgan fingerprint density at radius 3 is 1.85 bits per heavy atom. The average molecular weight is 588 g/mol. The molecule has 0 spiro atoms. The van der Waals surface area contributed by atoms with Crippen molar-refractivity contribution in [2.75, 3.05) is 4.90 Å². The van der Waals surface area contributed by atoms with Gasteiger partial charge in [0.15, 0.2) is 0 Å². The lowest BCUT2D eigenvalue weighted by molar-refractivity contribution is 0.660. The highest BCUT2D eigenvalue weighted by atomic mass is 15.1. The molecule has 0 saturated heterocycles. The highest BCUT2D eigenvalue weighted by Gasteiger charge is 2.35. The van der Waals surface area contributed by atoms with E-state index in [0.29, 0.717) is 0 Å². The SMILES string of the molecule is CC1(C)c2ccccc2-c2ccc(N(c3cccc(-c4ccccc4)c3)c3ccc4c(ccc5c6ccccc6ccc45)c3)cc21. The van der Waals surface area contributed by atoms with Crippen LogP contribution in [0.25, 0.3) is 54.6 Å². The first-order valence-electron chi connectivity index (χ1n) is 16.1. The van der Waals surface area contributed by atoms with Crippen LogP contribution in [0.15, 0.2) is 164 Å². The molecule has 0 aliphatic heterocycles. The zero-order valence-corrected chi connectivity index (χ0v) is 26.0. The molecule has 0 amide bonds. The predicted molar refractivity (Wildman–Crippen MR) is 197 cm³/mol. The lowest BCUT2D eigenvalue weighted by Gasteiger charge is -2.29. The van der Waals surface area contributed by atoms with Gasteiger partial charge < -0.3 is 4.90 Å². The number of anilines is 3. The van der Waals surface area contributed by atoms with Crippen LogP contribution in [0.2, 0.25) is 0 Å². The molecule has 218 valence electrons. The van der Waals surface area contributed by atoms with Crippen molar-refractivity contribution in [2.45, 2.75) is 19.3 Å². The maximum absolute atomic E-state index is 2.43. The van der Waals surface area contributed by atoms with Crippen molar-refractivity contribution in [3.8, 4) is 22.3 Å². The summed E-state index contributed by atoms with van der Waals surface area (Å²) in [6.07, 6.45) is 0. The molecule has 0 bridgehead atoms. The zero-order valence-electron chi connectivity index (χ0n) is 26.0. The molecule has 8 aromatic carbocycles. The second kappa shape index (κ2) is 10.2. The van der Waals surface area contributed by atoms with Crippen LogP contribution in [0.1, 0.15) is 25.0 Å². The Hall–Kier alpha value is -5.66. The monoisotopic (exact) mass is 587 g/mol. The molecule has 46 heavy (non-hydrogen) atoms. The maximum atomic E-state index is 2.43. The minimum Gasteiger partial charge on any atom is -0.310 e. The molecular weight excluding hydrogens is 555 g/mol. The van der Waals surface area contributed by atoms with Crippen molar-refractivity contribution >= 4 is 49.4 Å². The van der Waals surface area contributed by atoms with Crippen molar-refractivity contribution in [2.24, 2.45) is 0 Å². The van der Waals surface area contributed by atoms with Crippen LogP contribution in [0, 0.1) is 0 Å². The largest absolute Gasteiger partial charge is 0.310 e. The van der Waals surface area contributed by atoms with Gasteiger partial charge in [-0.25, -0.2) is 0 Å². The summed E-state index contributed by atoms with van der Waals surface area (Å²) < 4.78 is 0. The molecule has 8 aromatic rings. The van der Waals surface area contributed by atoms with Gasteiger partial charge in [0.2, 0.25) is 0 Å². The summed E-state index contributed by atoms with van der Waals surface area (Å²) in [5.74, 6) is 0. The molecule has 0 atom stereocenters. The molecule has 0 heterocycles. The van der Waals surface area contributed by atoms with Gasteiger partial charge in [-0.2, -0.15) is 0 Å². The molecule has 0 N–H and O–H groups in total. The highest BCUT2D eigenvalue weighted by Crippen LogP contribution is 2.51. The quantitative estimate of drug-likeness (QED) is 0.185. The number of hydrogen-bond donors (Lipinski definition) is 0. The van der Waals surface area contributed by atoms with Crippen molar-refractivity contribution < 1.29 is 0 Å². The van der Waals surface area contributed by atoms with E-state index in [1.807, 2.05) is 0 Å². The van der Waals surface area contributed by atoms with Crippen molar-refractivity contribution in [3.05, 3.63) is 175 Å². The first kappa shape index (κ1) is 26.7. The second-order valence-corrected chi connectivity index (χ2v) is 13.0. The summed E-state index contributed by atoms with van der Waals surface area (Å²) in [7, 11) is 0. The molecule has 0 radical (unpaired) electrons. The van der Waals surface area contributed by atoms with E-state index in [1.165, 1.54) is 65.7 Å². The number of fused-ring (bicyclic) bond motifs is 8. The third-order valence-electron chi connectivity index (χ3n) is 10.0. The molecule has 1 aliphatic carbocycles. The van der Waals surface area contributed by atoms with Gasteiger partial charge in [-0.1, -0.05) is 141 Å². The first-order valence-corrected chi connectivity index (χ1v) is 16.1. The number of benzene rings is 8. The van der Waals surface area contributed by atoms with Gasteiger partial charge in [0.1, 0.15) is 0 Å². The smallest absolute Gasteiger partial charge is 0.0468 e. The van der Waals surface area contributed by atoms with Gasteiger partial charge in [0.05, 0.1) is 0 Å². The Balaban J connectivity index is 1.24. The fraction of sp³-hybridized carbons (Fsp3) is 0.0667. The fourth-order valence-electron chi connectivity index (χ4n) is 7.69.